The quantitative estimate of drug-likeness (QED) is 0.910. The number of aromatic nitrogens is 2. The molecule has 0 fully saturated rings. The van der Waals surface area contributed by atoms with Gasteiger partial charge in [0, 0.05) is 22.7 Å². The number of carbonyl (C=O) groups excluding carboxylic acids is 1. The highest BCUT2D eigenvalue weighted by Gasteiger charge is 2.17. The van der Waals surface area contributed by atoms with E-state index in [9.17, 15) is 9.59 Å². The number of nitrogens with zero attached hydrogens (tertiary/aromatic N) is 2. The van der Waals surface area contributed by atoms with Crippen LogP contribution in [0.4, 0.5) is 0 Å². The van der Waals surface area contributed by atoms with Crippen LogP contribution in [0.1, 0.15) is 28.9 Å². The molecule has 0 saturated carbocycles. The third kappa shape index (κ3) is 3.96. The van der Waals surface area contributed by atoms with Crippen LogP contribution in [0, 0.1) is 13.8 Å². The Morgan fingerprint density at radius 1 is 1.41 bits per heavy atom. The van der Waals surface area contributed by atoms with E-state index in [1.54, 1.807) is 18.7 Å². The molecule has 22 heavy (non-hydrogen) atoms. The first-order valence-corrected chi connectivity index (χ1v) is 8.18. The molecule has 2 aromatic heterocycles. The summed E-state index contributed by atoms with van der Waals surface area (Å²) in [6.07, 6.45) is 0.0569. The second kappa shape index (κ2) is 7.07. The number of rotatable bonds is 5. The maximum Gasteiger partial charge on any atom is 0.254 e. The maximum absolute atomic E-state index is 12.5. The number of hydrogen-bond donors (Lipinski definition) is 1. The number of thiophene rings is 1. The van der Waals surface area contributed by atoms with Gasteiger partial charge in [-0.05, 0) is 32.9 Å². The fourth-order valence-corrected chi connectivity index (χ4v) is 3.33. The molecule has 2 rings (SSSR count). The van der Waals surface area contributed by atoms with E-state index in [4.69, 9.17) is 11.6 Å². The molecule has 0 radical (unpaired) electrons. The highest BCUT2D eigenvalue weighted by molar-refractivity contribution is 7.16. The molecular formula is C15H18ClN3O2S. The summed E-state index contributed by atoms with van der Waals surface area (Å²) in [4.78, 5) is 34.0. The topological polar surface area (TPSA) is 66.1 Å². The normalized spacial score (nSPS) is 10.7. The van der Waals surface area contributed by atoms with E-state index in [0.29, 0.717) is 34.5 Å². The molecule has 1 amide bonds. The second-order valence-corrected chi connectivity index (χ2v) is 6.81. The van der Waals surface area contributed by atoms with Crippen LogP contribution in [0.5, 0.6) is 0 Å². The number of amides is 1. The van der Waals surface area contributed by atoms with Crippen molar-refractivity contribution < 1.29 is 4.79 Å². The molecule has 2 aromatic rings. The van der Waals surface area contributed by atoms with E-state index in [0.717, 1.165) is 4.88 Å². The first-order chi connectivity index (χ1) is 10.4. The van der Waals surface area contributed by atoms with Crippen LogP contribution in [0.2, 0.25) is 4.34 Å². The average Bonchev–Trinajstić information content (AvgIpc) is 2.85. The van der Waals surface area contributed by atoms with E-state index in [2.05, 4.69) is 9.97 Å². The molecule has 118 valence electrons. The largest absolute Gasteiger partial charge is 0.338 e. The summed E-state index contributed by atoms with van der Waals surface area (Å²) in [5.41, 5.74) is 0.789. The number of nitrogens with one attached hydrogen (secondary N) is 1. The molecule has 0 aliphatic carbocycles. The van der Waals surface area contributed by atoms with Gasteiger partial charge in [-0.3, -0.25) is 9.59 Å². The summed E-state index contributed by atoms with van der Waals surface area (Å²) in [6, 6.07) is 3.73. The lowest BCUT2D eigenvalue weighted by Gasteiger charge is -2.20. The van der Waals surface area contributed by atoms with Gasteiger partial charge in [0.15, 0.2) is 0 Å². The highest BCUT2D eigenvalue weighted by atomic mass is 35.5. The Morgan fingerprint density at radius 2 is 2.14 bits per heavy atom. The Labute approximate surface area is 138 Å². The number of carbonyl (C=O) groups is 1. The van der Waals surface area contributed by atoms with E-state index in [-0.39, 0.29) is 17.9 Å². The van der Waals surface area contributed by atoms with E-state index in [1.807, 2.05) is 19.1 Å². The molecule has 0 aliphatic rings. The maximum atomic E-state index is 12.5. The number of likely N-dealkylation sites (N-methyl/N-ethyl adjacent to an activating group) is 1. The Bertz CT molecular complexity index is 739. The van der Waals surface area contributed by atoms with Crippen LogP contribution in [0.25, 0.3) is 0 Å². The number of aryl methyl sites for hydroxylation is 2. The molecule has 0 aliphatic heterocycles. The van der Waals surface area contributed by atoms with Crippen molar-refractivity contribution in [3.05, 3.63) is 48.8 Å². The predicted octanol–water partition coefficient (Wildman–Crippen LogP) is 2.69. The van der Waals surface area contributed by atoms with Gasteiger partial charge >= 0.3 is 0 Å². The first-order valence-electron chi connectivity index (χ1n) is 6.99. The van der Waals surface area contributed by atoms with Gasteiger partial charge in [-0.15, -0.1) is 11.3 Å². The van der Waals surface area contributed by atoms with Crippen LogP contribution >= 0.6 is 22.9 Å². The SMILES string of the molecule is CCN(Cc1ccc(Cl)s1)C(=O)Cc1c(C)nc(C)[nH]c1=O. The van der Waals surface area contributed by atoms with Gasteiger partial charge in [0.05, 0.1) is 17.3 Å². The number of H-pyrrole nitrogens is 1. The Hall–Kier alpha value is -1.66. The van der Waals surface area contributed by atoms with Crippen molar-refractivity contribution in [1.82, 2.24) is 14.9 Å². The second-order valence-electron chi connectivity index (χ2n) is 5.01. The molecule has 7 heteroatoms. The molecule has 0 spiro atoms. The number of hydrogen-bond acceptors (Lipinski definition) is 4. The highest BCUT2D eigenvalue weighted by Crippen LogP contribution is 2.22. The molecule has 0 unspecified atom stereocenters. The van der Waals surface area contributed by atoms with Crippen LogP contribution in [0.3, 0.4) is 0 Å². The summed E-state index contributed by atoms with van der Waals surface area (Å²) in [7, 11) is 0. The van der Waals surface area contributed by atoms with Crippen molar-refractivity contribution in [3.8, 4) is 0 Å². The molecule has 0 saturated heterocycles. The van der Waals surface area contributed by atoms with Crippen molar-refractivity contribution in [2.24, 2.45) is 0 Å². The fourth-order valence-electron chi connectivity index (χ4n) is 2.22. The van der Waals surface area contributed by atoms with Gasteiger partial charge in [-0.25, -0.2) is 4.98 Å². The summed E-state index contributed by atoms with van der Waals surface area (Å²) < 4.78 is 0.702. The monoisotopic (exact) mass is 339 g/mol. The third-order valence-electron chi connectivity index (χ3n) is 3.38. The minimum atomic E-state index is -0.242. The first kappa shape index (κ1) is 16.7. The number of halogens is 1. The zero-order valence-electron chi connectivity index (χ0n) is 12.8. The van der Waals surface area contributed by atoms with Crippen LogP contribution < -0.4 is 5.56 Å². The third-order valence-corrected chi connectivity index (χ3v) is 4.59. The van der Waals surface area contributed by atoms with E-state index < -0.39 is 0 Å². The van der Waals surface area contributed by atoms with Gasteiger partial charge in [0.1, 0.15) is 5.82 Å². The molecule has 1 N–H and O–H groups in total. The van der Waals surface area contributed by atoms with Crippen LogP contribution in [-0.4, -0.2) is 27.3 Å². The van der Waals surface area contributed by atoms with Gasteiger partial charge in [-0.1, -0.05) is 11.6 Å². The lowest BCUT2D eigenvalue weighted by Crippen LogP contribution is -2.33. The van der Waals surface area contributed by atoms with Gasteiger partial charge in [0.2, 0.25) is 5.91 Å². The Morgan fingerprint density at radius 3 is 2.68 bits per heavy atom. The lowest BCUT2D eigenvalue weighted by molar-refractivity contribution is -0.130. The molecular weight excluding hydrogens is 322 g/mol. The molecule has 0 aromatic carbocycles. The summed E-state index contributed by atoms with van der Waals surface area (Å²) in [6.45, 7) is 6.46. The van der Waals surface area contributed by atoms with Crippen molar-refractivity contribution >= 4 is 28.8 Å². The smallest absolute Gasteiger partial charge is 0.254 e. The van der Waals surface area contributed by atoms with Gasteiger partial charge in [-0.2, -0.15) is 0 Å². The zero-order chi connectivity index (χ0) is 16.3. The lowest BCUT2D eigenvalue weighted by atomic mass is 10.1. The van der Waals surface area contributed by atoms with E-state index >= 15 is 0 Å². The van der Waals surface area contributed by atoms with Crippen molar-refractivity contribution in [3.63, 3.8) is 0 Å². The van der Waals surface area contributed by atoms with Crippen molar-refractivity contribution in [1.29, 1.82) is 0 Å². The molecule has 5 nitrogen and oxygen atoms in total. The van der Waals surface area contributed by atoms with Crippen LogP contribution in [-0.2, 0) is 17.8 Å². The molecule has 2 heterocycles. The zero-order valence-corrected chi connectivity index (χ0v) is 14.3. The van der Waals surface area contributed by atoms with Gasteiger partial charge < -0.3 is 9.88 Å². The molecule has 0 atom stereocenters. The summed E-state index contributed by atoms with van der Waals surface area (Å²) >= 11 is 7.37. The fraction of sp³-hybridized carbons (Fsp3) is 0.400. The number of aromatic amines is 1. The average molecular weight is 340 g/mol. The van der Waals surface area contributed by atoms with Crippen LogP contribution in [0.15, 0.2) is 16.9 Å². The Kier molecular flexibility index (Phi) is 5.37. The minimum Gasteiger partial charge on any atom is -0.338 e. The predicted molar refractivity (Wildman–Crippen MR) is 88.5 cm³/mol. The minimum absolute atomic E-state index is 0.0569. The Balaban J connectivity index is 2.14. The molecule has 0 bridgehead atoms. The summed E-state index contributed by atoms with van der Waals surface area (Å²) in [5, 5.41) is 0. The summed E-state index contributed by atoms with van der Waals surface area (Å²) in [5.74, 6) is 0.463. The van der Waals surface area contributed by atoms with Gasteiger partial charge in [0.25, 0.3) is 5.56 Å². The van der Waals surface area contributed by atoms with Crippen molar-refractivity contribution in [2.75, 3.05) is 6.54 Å². The van der Waals surface area contributed by atoms with E-state index in [1.165, 1.54) is 11.3 Å². The van der Waals surface area contributed by atoms with Crippen molar-refractivity contribution in [2.45, 2.75) is 33.7 Å². The standard InChI is InChI=1S/C15H18ClN3O2S/c1-4-19(8-11-5-6-13(16)22-11)14(20)7-12-9(2)17-10(3)18-15(12)21/h5-6H,4,7-8H2,1-3H3,(H,17,18,21).